The van der Waals surface area contributed by atoms with Crippen molar-refractivity contribution >= 4 is 17.5 Å². The van der Waals surface area contributed by atoms with E-state index < -0.39 is 5.60 Å². The molecule has 1 aliphatic heterocycles. The van der Waals surface area contributed by atoms with Gasteiger partial charge in [0.25, 0.3) is 5.91 Å². The van der Waals surface area contributed by atoms with E-state index in [4.69, 9.17) is 21.1 Å². The first-order valence-corrected chi connectivity index (χ1v) is 7.47. The zero-order valence-corrected chi connectivity index (χ0v) is 12.9. The van der Waals surface area contributed by atoms with Gasteiger partial charge in [-0.05, 0) is 50.2 Å². The average Bonchev–Trinajstić information content (AvgIpc) is 2.53. The SMILES string of the molecule is COC1(C(=O)NCCOc2ccc(Cl)cc2)CCNCC1. The zero-order valence-electron chi connectivity index (χ0n) is 12.2. The van der Waals surface area contributed by atoms with Gasteiger partial charge in [-0.1, -0.05) is 11.6 Å². The van der Waals surface area contributed by atoms with E-state index in [0.29, 0.717) is 31.0 Å². The first kappa shape index (κ1) is 16.1. The van der Waals surface area contributed by atoms with E-state index in [0.717, 1.165) is 18.8 Å². The van der Waals surface area contributed by atoms with Gasteiger partial charge in [-0.15, -0.1) is 0 Å². The maximum atomic E-state index is 12.3. The molecule has 1 heterocycles. The van der Waals surface area contributed by atoms with Crippen LogP contribution < -0.4 is 15.4 Å². The summed E-state index contributed by atoms with van der Waals surface area (Å²) in [5.41, 5.74) is -0.703. The summed E-state index contributed by atoms with van der Waals surface area (Å²) < 4.78 is 11.0. The number of carbonyl (C=O) groups is 1. The summed E-state index contributed by atoms with van der Waals surface area (Å²) in [6, 6.07) is 7.13. The number of amides is 1. The summed E-state index contributed by atoms with van der Waals surface area (Å²) >= 11 is 5.80. The van der Waals surface area contributed by atoms with Gasteiger partial charge in [-0.25, -0.2) is 0 Å². The van der Waals surface area contributed by atoms with Gasteiger partial charge in [0.1, 0.15) is 18.0 Å². The van der Waals surface area contributed by atoms with E-state index >= 15 is 0 Å². The number of benzene rings is 1. The molecule has 0 saturated carbocycles. The molecule has 2 N–H and O–H groups in total. The average molecular weight is 313 g/mol. The molecule has 21 heavy (non-hydrogen) atoms. The number of halogens is 1. The number of hydrogen-bond donors (Lipinski definition) is 2. The first-order chi connectivity index (χ1) is 10.2. The lowest BCUT2D eigenvalue weighted by Crippen LogP contribution is -2.54. The van der Waals surface area contributed by atoms with E-state index in [1.165, 1.54) is 0 Å². The summed E-state index contributed by atoms with van der Waals surface area (Å²) in [5.74, 6) is 0.670. The Bertz CT molecular complexity index is 458. The second kappa shape index (κ2) is 7.64. The van der Waals surface area contributed by atoms with E-state index in [-0.39, 0.29) is 5.91 Å². The predicted octanol–water partition coefficient (Wildman–Crippen LogP) is 1.60. The number of hydrogen-bond acceptors (Lipinski definition) is 4. The second-order valence-electron chi connectivity index (χ2n) is 5.01. The number of ether oxygens (including phenoxy) is 2. The lowest BCUT2D eigenvalue weighted by molar-refractivity contribution is -0.146. The van der Waals surface area contributed by atoms with Crippen LogP contribution in [-0.4, -0.2) is 44.9 Å². The monoisotopic (exact) mass is 312 g/mol. The molecule has 0 radical (unpaired) electrons. The Labute approximate surface area is 130 Å². The molecule has 0 bridgehead atoms. The highest BCUT2D eigenvalue weighted by Crippen LogP contribution is 2.22. The van der Waals surface area contributed by atoms with Gasteiger partial charge in [0, 0.05) is 12.1 Å². The summed E-state index contributed by atoms with van der Waals surface area (Å²) in [6.45, 7) is 2.44. The molecule has 1 fully saturated rings. The third-order valence-electron chi connectivity index (χ3n) is 3.69. The van der Waals surface area contributed by atoms with Crippen LogP contribution >= 0.6 is 11.6 Å². The largest absolute Gasteiger partial charge is 0.492 e. The summed E-state index contributed by atoms with van der Waals surface area (Å²) in [5, 5.41) is 6.78. The van der Waals surface area contributed by atoms with Crippen molar-refractivity contribution in [2.24, 2.45) is 0 Å². The lowest BCUT2D eigenvalue weighted by Gasteiger charge is -2.34. The molecule has 1 aromatic carbocycles. The minimum absolute atomic E-state index is 0.0637. The highest BCUT2D eigenvalue weighted by molar-refractivity contribution is 6.30. The van der Waals surface area contributed by atoms with Crippen molar-refractivity contribution in [1.82, 2.24) is 10.6 Å². The smallest absolute Gasteiger partial charge is 0.252 e. The number of rotatable bonds is 6. The van der Waals surface area contributed by atoms with Gasteiger partial charge in [0.05, 0.1) is 6.54 Å². The lowest BCUT2D eigenvalue weighted by atomic mass is 9.91. The third-order valence-corrected chi connectivity index (χ3v) is 3.94. The Morgan fingerprint density at radius 1 is 1.33 bits per heavy atom. The Kier molecular flexibility index (Phi) is 5.85. The van der Waals surface area contributed by atoms with Gasteiger partial charge in [0.15, 0.2) is 0 Å². The highest BCUT2D eigenvalue weighted by atomic mass is 35.5. The molecule has 6 heteroatoms. The number of methoxy groups -OCH3 is 1. The Morgan fingerprint density at radius 2 is 2.00 bits per heavy atom. The molecule has 1 aliphatic rings. The van der Waals surface area contributed by atoms with Crippen molar-refractivity contribution in [1.29, 1.82) is 0 Å². The first-order valence-electron chi connectivity index (χ1n) is 7.09. The minimum Gasteiger partial charge on any atom is -0.492 e. The van der Waals surface area contributed by atoms with Crippen LogP contribution in [0.25, 0.3) is 0 Å². The van der Waals surface area contributed by atoms with E-state index in [9.17, 15) is 4.79 Å². The number of piperidine rings is 1. The molecule has 5 nitrogen and oxygen atoms in total. The summed E-state index contributed by atoms with van der Waals surface area (Å²) in [4.78, 5) is 12.3. The zero-order chi connectivity index (χ0) is 15.1. The maximum absolute atomic E-state index is 12.3. The van der Waals surface area contributed by atoms with Crippen LogP contribution in [0.5, 0.6) is 5.75 Å². The molecule has 0 atom stereocenters. The molecule has 0 aliphatic carbocycles. The molecule has 1 amide bonds. The number of nitrogens with one attached hydrogen (secondary N) is 2. The second-order valence-corrected chi connectivity index (χ2v) is 5.44. The van der Waals surface area contributed by atoms with Crippen LogP contribution in [0.2, 0.25) is 5.02 Å². The Hall–Kier alpha value is -1.30. The van der Waals surface area contributed by atoms with Gasteiger partial charge < -0.3 is 20.1 Å². The highest BCUT2D eigenvalue weighted by Gasteiger charge is 2.39. The summed E-state index contributed by atoms with van der Waals surface area (Å²) in [6.07, 6.45) is 1.38. The van der Waals surface area contributed by atoms with Crippen molar-refractivity contribution in [2.45, 2.75) is 18.4 Å². The fourth-order valence-electron chi connectivity index (χ4n) is 2.38. The minimum atomic E-state index is -0.703. The molecule has 0 aromatic heterocycles. The van der Waals surface area contributed by atoms with Crippen LogP contribution in [0.4, 0.5) is 0 Å². The van der Waals surface area contributed by atoms with Crippen molar-refractivity contribution in [3.05, 3.63) is 29.3 Å². The Morgan fingerprint density at radius 3 is 2.62 bits per heavy atom. The molecule has 1 aromatic rings. The number of carbonyl (C=O) groups excluding carboxylic acids is 1. The quantitative estimate of drug-likeness (QED) is 0.783. The molecule has 2 rings (SSSR count). The third kappa shape index (κ3) is 4.33. The Balaban J connectivity index is 1.74. The maximum Gasteiger partial charge on any atom is 0.252 e. The van der Waals surface area contributed by atoms with Gasteiger partial charge in [-0.3, -0.25) is 4.79 Å². The molecule has 0 spiro atoms. The predicted molar refractivity (Wildman–Crippen MR) is 81.8 cm³/mol. The normalized spacial score (nSPS) is 17.2. The van der Waals surface area contributed by atoms with Crippen molar-refractivity contribution in [3.8, 4) is 5.75 Å². The topological polar surface area (TPSA) is 59.6 Å². The standard InChI is InChI=1S/C15H21ClN2O3/c1-20-15(6-8-17-9-7-15)14(19)18-10-11-21-13-4-2-12(16)3-5-13/h2-5,17H,6-11H2,1H3,(H,18,19). The van der Waals surface area contributed by atoms with Gasteiger partial charge >= 0.3 is 0 Å². The summed E-state index contributed by atoms with van der Waals surface area (Å²) in [7, 11) is 1.59. The molecular weight excluding hydrogens is 292 g/mol. The van der Waals surface area contributed by atoms with E-state index in [1.54, 1.807) is 31.4 Å². The fraction of sp³-hybridized carbons (Fsp3) is 0.533. The van der Waals surface area contributed by atoms with E-state index in [2.05, 4.69) is 10.6 Å². The van der Waals surface area contributed by atoms with Crippen molar-refractivity contribution < 1.29 is 14.3 Å². The van der Waals surface area contributed by atoms with Crippen LogP contribution in [0.1, 0.15) is 12.8 Å². The van der Waals surface area contributed by atoms with Crippen molar-refractivity contribution in [2.75, 3.05) is 33.4 Å². The van der Waals surface area contributed by atoms with E-state index in [1.807, 2.05) is 0 Å². The molecule has 116 valence electrons. The van der Waals surface area contributed by atoms with Crippen LogP contribution in [0.3, 0.4) is 0 Å². The molecule has 0 unspecified atom stereocenters. The molecular formula is C15H21ClN2O3. The van der Waals surface area contributed by atoms with Gasteiger partial charge in [-0.2, -0.15) is 0 Å². The van der Waals surface area contributed by atoms with Crippen molar-refractivity contribution in [3.63, 3.8) is 0 Å². The van der Waals surface area contributed by atoms with Crippen LogP contribution in [0.15, 0.2) is 24.3 Å². The van der Waals surface area contributed by atoms with Crippen LogP contribution in [0, 0.1) is 0 Å². The van der Waals surface area contributed by atoms with Gasteiger partial charge in [0.2, 0.25) is 0 Å². The van der Waals surface area contributed by atoms with Crippen LogP contribution in [-0.2, 0) is 9.53 Å². The molecule has 1 saturated heterocycles. The fourth-order valence-corrected chi connectivity index (χ4v) is 2.51.